The van der Waals surface area contributed by atoms with Crippen molar-refractivity contribution in [3.8, 4) is 0 Å². The summed E-state index contributed by atoms with van der Waals surface area (Å²) < 4.78 is 0. The topological polar surface area (TPSA) is 29.3 Å². The quantitative estimate of drug-likeness (QED) is 0.919. The maximum absolute atomic E-state index is 6.30. The van der Waals surface area contributed by atoms with E-state index in [9.17, 15) is 0 Å². The predicted octanol–water partition coefficient (Wildman–Crippen LogP) is 4.14. The standard InChI is InChI=1S/C17H19ClN2/c18-15-8-4-9-17(14(15)12-19)20-11-5-10-16(20)13-6-2-1-3-7-13/h1-4,6-9,16H,5,10-12,19H2. The molecule has 1 saturated heterocycles. The summed E-state index contributed by atoms with van der Waals surface area (Å²) in [7, 11) is 0. The van der Waals surface area contributed by atoms with Crippen LogP contribution in [0.3, 0.4) is 0 Å². The van der Waals surface area contributed by atoms with Gasteiger partial charge in [-0.1, -0.05) is 48.0 Å². The number of nitrogens with two attached hydrogens (primary N) is 1. The van der Waals surface area contributed by atoms with Gasteiger partial charge in [0.15, 0.2) is 0 Å². The number of benzene rings is 2. The average Bonchev–Trinajstić information content (AvgIpc) is 2.97. The summed E-state index contributed by atoms with van der Waals surface area (Å²) in [5.41, 5.74) is 9.50. The van der Waals surface area contributed by atoms with E-state index in [0.29, 0.717) is 12.6 Å². The minimum atomic E-state index is 0.431. The number of rotatable bonds is 3. The van der Waals surface area contributed by atoms with Gasteiger partial charge in [0, 0.05) is 29.4 Å². The van der Waals surface area contributed by atoms with Gasteiger partial charge in [0.05, 0.1) is 6.04 Å². The van der Waals surface area contributed by atoms with Crippen LogP contribution in [0.4, 0.5) is 5.69 Å². The van der Waals surface area contributed by atoms with Crippen LogP contribution in [0.15, 0.2) is 48.5 Å². The van der Waals surface area contributed by atoms with Crippen LogP contribution in [0.25, 0.3) is 0 Å². The number of nitrogens with zero attached hydrogens (tertiary/aromatic N) is 1. The predicted molar refractivity (Wildman–Crippen MR) is 85.1 cm³/mol. The van der Waals surface area contributed by atoms with E-state index < -0.39 is 0 Å². The van der Waals surface area contributed by atoms with Gasteiger partial charge >= 0.3 is 0 Å². The molecule has 0 amide bonds. The third-order valence-corrected chi connectivity index (χ3v) is 4.40. The zero-order chi connectivity index (χ0) is 13.9. The summed E-state index contributed by atoms with van der Waals surface area (Å²) in [4.78, 5) is 2.45. The molecule has 3 heteroatoms. The molecule has 1 unspecified atom stereocenters. The molecule has 1 aliphatic rings. The lowest BCUT2D eigenvalue weighted by Crippen LogP contribution is -2.24. The highest BCUT2D eigenvalue weighted by Crippen LogP contribution is 2.39. The number of halogens is 1. The van der Waals surface area contributed by atoms with Crippen LogP contribution in [0, 0.1) is 0 Å². The Labute approximate surface area is 125 Å². The average molecular weight is 287 g/mol. The highest BCUT2D eigenvalue weighted by molar-refractivity contribution is 6.31. The molecule has 2 nitrogen and oxygen atoms in total. The molecule has 2 aromatic rings. The smallest absolute Gasteiger partial charge is 0.0543 e. The van der Waals surface area contributed by atoms with Gasteiger partial charge in [-0.2, -0.15) is 0 Å². The number of hydrogen-bond donors (Lipinski definition) is 1. The first-order valence-corrected chi connectivity index (χ1v) is 7.48. The van der Waals surface area contributed by atoms with Crippen molar-refractivity contribution < 1.29 is 0 Å². The number of hydrogen-bond acceptors (Lipinski definition) is 2. The maximum Gasteiger partial charge on any atom is 0.0543 e. The van der Waals surface area contributed by atoms with Gasteiger partial charge in [-0.15, -0.1) is 0 Å². The molecule has 1 aliphatic heterocycles. The zero-order valence-electron chi connectivity index (χ0n) is 11.4. The largest absolute Gasteiger partial charge is 0.364 e. The molecule has 2 aromatic carbocycles. The Morgan fingerprint density at radius 1 is 1.10 bits per heavy atom. The first-order valence-electron chi connectivity index (χ1n) is 7.10. The van der Waals surface area contributed by atoms with Crippen LogP contribution in [0.5, 0.6) is 0 Å². The van der Waals surface area contributed by atoms with Gasteiger partial charge in [0.1, 0.15) is 0 Å². The van der Waals surface area contributed by atoms with Crippen molar-refractivity contribution in [3.63, 3.8) is 0 Å². The van der Waals surface area contributed by atoms with Crippen LogP contribution in [0.2, 0.25) is 5.02 Å². The minimum Gasteiger partial charge on any atom is -0.364 e. The molecule has 0 spiro atoms. The Kier molecular flexibility index (Phi) is 3.95. The second-order valence-electron chi connectivity index (χ2n) is 5.20. The second kappa shape index (κ2) is 5.86. The van der Waals surface area contributed by atoms with E-state index in [1.165, 1.54) is 24.1 Å². The minimum absolute atomic E-state index is 0.431. The molecule has 20 heavy (non-hydrogen) atoms. The highest BCUT2D eigenvalue weighted by atomic mass is 35.5. The van der Waals surface area contributed by atoms with E-state index in [1.54, 1.807) is 0 Å². The van der Waals surface area contributed by atoms with Crippen molar-refractivity contribution in [3.05, 3.63) is 64.7 Å². The Bertz CT molecular complexity index is 583. The summed E-state index contributed by atoms with van der Waals surface area (Å²) in [6.45, 7) is 1.54. The molecule has 0 saturated carbocycles. The van der Waals surface area contributed by atoms with Crippen LogP contribution in [0.1, 0.15) is 30.0 Å². The molecule has 0 bridgehead atoms. The summed E-state index contributed by atoms with van der Waals surface area (Å²) in [6.07, 6.45) is 2.39. The molecule has 1 fully saturated rings. The number of anilines is 1. The van der Waals surface area contributed by atoms with Crippen molar-refractivity contribution in [1.29, 1.82) is 0 Å². The molecule has 0 radical (unpaired) electrons. The lowest BCUT2D eigenvalue weighted by molar-refractivity contribution is 0.716. The van der Waals surface area contributed by atoms with Crippen molar-refractivity contribution in [2.75, 3.05) is 11.4 Å². The molecule has 104 valence electrons. The zero-order valence-corrected chi connectivity index (χ0v) is 12.2. The van der Waals surface area contributed by atoms with E-state index in [1.807, 2.05) is 12.1 Å². The van der Waals surface area contributed by atoms with E-state index >= 15 is 0 Å². The Hall–Kier alpha value is -1.51. The molecule has 1 atom stereocenters. The SMILES string of the molecule is NCc1c(Cl)cccc1N1CCCC1c1ccccc1. The fourth-order valence-electron chi connectivity index (χ4n) is 3.10. The third-order valence-electron chi connectivity index (χ3n) is 4.04. The van der Waals surface area contributed by atoms with Crippen LogP contribution in [-0.2, 0) is 6.54 Å². The lowest BCUT2D eigenvalue weighted by atomic mass is 10.0. The fraction of sp³-hybridized carbons (Fsp3) is 0.294. The van der Waals surface area contributed by atoms with Gasteiger partial charge in [-0.05, 0) is 30.5 Å². The second-order valence-corrected chi connectivity index (χ2v) is 5.61. The van der Waals surface area contributed by atoms with Gasteiger partial charge in [0.25, 0.3) is 0 Å². The highest BCUT2D eigenvalue weighted by Gasteiger charge is 2.27. The van der Waals surface area contributed by atoms with Crippen molar-refractivity contribution in [2.24, 2.45) is 5.73 Å². The van der Waals surface area contributed by atoms with Crippen molar-refractivity contribution in [2.45, 2.75) is 25.4 Å². The Morgan fingerprint density at radius 2 is 1.90 bits per heavy atom. The molecular weight excluding hydrogens is 268 g/mol. The fourth-order valence-corrected chi connectivity index (χ4v) is 3.34. The molecular formula is C17H19ClN2. The third kappa shape index (κ3) is 2.41. The summed E-state index contributed by atoms with van der Waals surface area (Å²) in [6, 6.07) is 17.2. The molecule has 0 aliphatic carbocycles. The first kappa shape index (κ1) is 13.5. The van der Waals surface area contributed by atoms with Gasteiger partial charge < -0.3 is 10.6 Å². The summed E-state index contributed by atoms with van der Waals surface area (Å²) in [5.74, 6) is 0. The molecule has 3 rings (SSSR count). The van der Waals surface area contributed by atoms with Crippen LogP contribution >= 0.6 is 11.6 Å². The summed E-state index contributed by atoms with van der Waals surface area (Å²) in [5, 5.41) is 0.767. The normalized spacial score (nSPS) is 18.5. The van der Waals surface area contributed by atoms with E-state index in [0.717, 1.165) is 17.1 Å². The lowest BCUT2D eigenvalue weighted by Gasteiger charge is -2.29. The Morgan fingerprint density at radius 3 is 2.65 bits per heavy atom. The monoisotopic (exact) mass is 286 g/mol. The van der Waals surface area contributed by atoms with E-state index in [2.05, 4.69) is 41.3 Å². The van der Waals surface area contributed by atoms with Gasteiger partial charge in [0.2, 0.25) is 0 Å². The molecule has 1 heterocycles. The van der Waals surface area contributed by atoms with Gasteiger partial charge in [-0.25, -0.2) is 0 Å². The molecule has 0 aromatic heterocycles. The summed E-state index contributed by atoms with van der Waals surface area (Å²) >= 11 is 6.30. The first-order chi connectivity index (χ1) is 9.81. The van der Waals surface area contributed by atoms with Crippen LogP contribution < -0.4 is 10.6 Å². The Balaban J connectivity index is 1.99. The molecule has 2 N–H and O–H groups in total. The van der Waals surface area contributed by atoms with E-state index in [-0.39, 0.29) is 0 Å². The van der Waals surface area contributed by atoms with Crippen molar-refractivity contribution >= 4 is 17.3 Å². The maximum atomic E-state index is 6.30. The van der Waals surface area contributed by atoms with E-state index in [4.69, 9.17) is 17.3 Å². The van der Waals surface area contributed by atoms with Crippen LogP contribution in [-0.4, -0.2) is 6.54 Å². The van der Waals surface area contributed by atoms with Crippen molar-refractivity contribution in [1.82, 2.24) is 0 Å². The van der Waals surface area contributed by atoms with Gasteiger partial charge in [-0.3, -0.25) is 0 Å².